The molecule has 1 N–H and O–H groups in total. The van der Waals surface area contributed by atoms with Gasteiger partial charge in [0, 0.05) is 12.5 Å². The molecule has 0 aliphatic carbocycles. The Morgan fingerprint density at radius 1 is 1.46 bits per heavy atom. The van der Waals surface area contributed by atoms with Gasteiger partial charge in [-0.2, -0.15) is 0 Å². The fraction of sp³-hybridized carbons (Fsp3) is 0.556. The van der Waals surface area contributed by atoms with Gasteiger partial charge in [0.1, 0.15) is 0 Å². The smallest absolute Gasteiger partial charge is 0.330 e. The van der Waals surface area contributed by atoms with Crippen LogP contribution in [0.25, 0.3) is 0 Å². The Hall–Kier alpha value is -1.32. The zero-order valence-corrected chi connectivity index (χ0v) is 8.08. The van der Waals surface area contributed by atoms with Crippen LogP contribution in [0.1, 0.15) is 26.7 Å². The van der Waals surface area contributed by atoms with Crippen LogP contribution in [0.4, 0.5) is 0 Å². The number of aliphatic carboxylic acids is 1. The lowest BCUT2D eigenvalue weighted by atomic mass is 10.4. The van der Waals surface area contributed by atoms with Gasteiger partial charge in [-0.3, -0.25) is 4.79 Å². The topological polar surface area (TPSA) is 63.6 Å². The number of carbonyl (C=O) groups is 2. The van der Waals surface area contributed by atoms with Gasteiger partial charge in [-0.25, -0.2) is 4.79 Å². The van der Waals surface area contributed by atoms with Crippen LogP contribution in [-0.2, 0) is 14.3 Å². The molecule has 0 saturated heterocycles. The van der Waals surface area contributed by atoms with E-state index in [1.54, 1.807) is 6.92 Å². The van der Waals surface area contributed by atoms with E-state index >= 15 is 0 Å². The molecule has 0 aromatic rings. The van der Waals surface area contributed by atoms with Gasteiger partial charge in [-0.1, -0.05) is 13.5 Å². The first-order valence-electron chi connectivity index (χ1n) is 4.09. The predicted molar refractivity (Wildman–Crippen MR) is 49.4 cm³/mol. The summed E-state index contributed by atoms with van der Waals surface area (Å²) in [5.74, 6) is -1.07. The summed E-state index contributed by atoms with van der Waals surface area (Å²) in [7, 11) is 0. The number of hydrogen-bond acceptors (Lipinski definition) is 3. The highest BCUT2D eigenvalue weighted by Crippen LogP contribution is 1.82. The number of carbonyl (C=O) groups excluding carboxylic acids is 1. The molecular weight excluding hydrogens is 172 g/mol. The van der Waals surface area contributed by atoms with Crippen LogP contribution in [0.15, 0.2) is 12.7 Å². The van der Waals surface area contributed by atoms with Gasteiger partial charge in [-0.15, -0.1) is 0 Å². The standard InChI is InChI=1S/C5H8O2.C4H8O2/c1-3-5(6)7-4-2;1-2-3-4(5)6/h3H,1,4H2,2H3;2-3H2,1H3,(H,5,6). The lowest BCUT2D eigenvalue weighted by Gasteiger charge is -1.90. The molecule has 0 fully saturated rings. The third kappa shape index (κ3) is 18.0. The van der Waals surface area contributed by atoms with Crippen molar-refractivity contribution in [3.8, 4) is 0 Å². The molecular formula is C9H16O4. The van der Waals surface area contributed by atoms with Crippen molar-refractivity contribution in [3.05, 3.63) is 12.7 Å². The zero-order chi connectivity index (χ0) is 10.7. The van der Waals surface area contributed by atoms with Crippen LogP contribution < -0.4 is 0 Å². The minimum absolute atomic E-state index is 0.292. The van der Waals surface area contributed by atoms with Gasteiger partial charge < -0.3 is 9.84 Å². The first-order valence-corrected chi connectivity index (χ1v) is 4.09. The van der Waals surface area contributed by atoms with E-state index in [1.807, 2.05) is 6.92 Å². The molecule has 0 spiro atoms. The van der Waals surface area contributed by atoms with Gasteiger partial charge in [0.15, 0.2) is 0 Å². The highest BCUT2D eigenvalue weighted by Gasteiger charge is 1.87. The number of carboxylic acids is 1. The van der Waals surface area contributed by atoms with Gasteiger partial charge in [-0.05, 0) is 13.3 Å². The lowest BCUT2D eigenvalue weighted by Crippen LogP contribution is -1.97. The van der Waals surface area contributed by atoms with E-state index in [0.717, 1.165) is 12.5 Å². The summed E-state index contributed by atoms with van der Waals surface area (Å²) in [5, 5.41) is 7.91. The van der Waals surface area contributed by atoms with Crippen LogP contribution in [0.2, 0.25) is 0 Å². The highest BCUT2D eigenvalue weighted by atomic mass is 16.5. The maximum absolute atomic E-state index is 10.1. The SMILES string of the molecule is C=CC(=O)OCC.CCCC(=O)O. The van der Waals surface area contributed by atoms with Crippen molar-refractivity contribution in [1.29, 1.82) is 0 Å². The van der Waals surface area contributed by atoms with Crippen LogP contribution in [0.3, 0.4) is 0 Å². The second-order valence-electron chi connectivity index (χ2n) is 2.10. The largest absolute Gasteiger partial charge is 0.481 e. The maximum Gasteiger partial charge on any atom is 0.330 e. The molecule has 0 aliphatic heterocycles. The molecule has 0 amide bonds. The molecule has 13 heavy (non-hydrogen) atoms. The average molecular weight is 188 g/mol. The van der Waals surface area contributed by atoms with Gasteiger partial charge in [0.05, 0.1) is 6.61 Å². The Morgan fingerprint density at radius 2 is 2.00 bits per heavy atom. The molecule has 0 aromatic heterocycles. The van der Waals surface area contributed by atoms with Gasteiger partial charge in [0.2, 0.25) is 0 Å². The van der Waals surface area contributed by atoms with Crippen LogP contribution in [-0.4, -0.2) is 23.7 Å². The molecule has 0 heterocycles. The van der Waals surface area contributed by atoms with Crippen molar-refractivity contribution in [2.24, 2.45) is 0 Å². The fourth-order valence-electron chi connectivity index (χ4n) is 0.415. The van der Waals surface area contributed by atoms with E-state index < -0.39 is 5.97 Å². The summed E-state index contributed by atoms with van der Waals surface area (Å²) < 4.78 is 4.43. The average Bonchev–Trinajstić information content (AvgIpc) is 2.05. The summed E-state index contributed by atoms with van der Waals surface area (Å²) in [6.07, 6.45) is 2.17. The molecule has 0 unspecified atom stereocenters. The van der Waals surface area contributed by atoms with Crippen molar-refractivity contribution >= 4 is 11.9 Å². The Kier molecular flexibility index (Phi) is 11.7. The van der Waals surface area contributed by atoms with E-state index in [0.29, 0.717) is 13.0 Å². The quantitative estimate of drug-likeness (QED) is 0.537. The van der Waals surface area contributed by atoms with E-state index in [1.165, 1.54) is 0 Å². The molecule has 0 radical (unpaired) electrons. The van der Waals surface area contributed by atoms with Crippen LogP contribution in [0, 0.1) is 0 Å². The first-order chi connectivity index (χ1) is 6.08. The summed E-state index contributed by atoms with van der Waals surface area (Å²) in [6.45, 7) is 7.22. The molecule has 0 bridgehead atoms. The van der Waals surface area contributed by atoms with E-state index in [4.69, 9.17) is 5.11 Å². The van der Waals surface area contributed by atoms with Crippen molar-refractivity contribution < 1.29 is 19.4 Å². The summed E-state index contributed by atoms with van der Waals surface area (Å²) >= 11 is 0. The van der Waals surface area contributed by atoms with Crippen molar-refractivity contribution in [1.82, 2.24) is 0 Å². The van der Waals surface area contributed by atoms with E-state index in [2.05, 4.69) is 11.3 Å². The third-order valence-electron chi connectivity index (χ3n) is 0.917. The Balaban J connectivity index is 0. The number of esters is 1. The lowest BCUT2D eigenvalue weighted by molar-refractivity contribution is -0.138. The Labute approximate surface area is 78.2 Å². The molecule has 0 aliphatic rings. The molecule has 0 atom stereocenters. The second-order valence-corrected chi connectivity index (χ2v) is 2.10. The number of ether oxygens (including phenoxy) is 1. The first kappa shape index (κ1) is 14.2. The molecule has 0 rings (SSSR count). The molecule has 0 aromatic carbocycles. The molecule has 76 valence electrons. The second kappa shape index (κ2) is 10.7. The van der Waals surface area contributed by atoms with Crippen molar-refractivity contribution in [2.45, 2.75) is 26.7 Å². The highest BCUT2D eigenvalue weighted by molar-refractivity contribution is 5.81. The van der Waals surface area contributed by atoms with Gasteiger partial charge >= 0.3 is 11.9 Å². The normalized spacial score (nSPS) is 7.85. The number of hydrogen-bond donors (Lipinski definition) is 1. The Morgan fingerprint density at radius 3 is 2.08 bits per heavy atom. The Bertz CT molecular complexity index is 163. The summed E-state index contributed by atoms with van der Waals surface area (Å²) in [4.78, 5) is 19.7. The third-order valence-corrected chi connectivity index (χ3v) is 0.917. The summed E-state index contributed by atoms with van der Waals surface area (Å²) in [5.41, 5.74) is 0. The van der Waals surface area contributed by atoms with E-state index in [9.17, 15) is 9.59 Å². The minimum Gasteiger partial charge on any atom is -0.481 e. The zero-order valence-electron chi connectivity index (χ0n) is 8.08. The van der Waals surface area contributed by atoms with Crippen molar-refractivity contribution in [3.63, 3.8) is 0 Å². The molecule has 4 nitrogen and oxygen atoms in total. The van der Waals surface area contributed by atoms with Crippen LogP contribution in [0.5, 0.6) is 0 Å². The van der Waals surface area contributed by atoms with E-state index in [-0.39, 0.29) is 5.97 Å². The van der Waals surface area contributed by atoms with Crippen LogP contribution >= 0.6 is 0 Å². The van der Waals surface area contributed by atoms with Crippen molar-refractivity contribution in [2.75, 3.05) is 6.61 Å². The molecule has 0 saturated carbocycles. The summed E-state index contributed by atoms with van der Waals surface area (Å²) in [6, 6.07) is 0. The molecule has 4 heteroatoms. The monoisotopic (exact) mass is 188 g/mol. The fourth-order valence-corrected chi connectivity index (χ4v) is 0.415. The minimum atomic E-state index is -0.711. The van der Waals surface area contributed by atoms with Gasteiger partial charge in [0.25, 0.3) is 0 Å². The number of rotatable bonds is 4. The predicted octanol–water partition coefficient (Wildman–Crippen LogP) is 1.61. The number of carboxylic acid groups (broad SMARTS) is 1. The maximum atomic E-state index is 10.1.